The van der Waals surface area contributed by atoms with Crippen LogP contribution in [0.1, 0.15) is 37.6 Å². The Hall–Kier alpha value is -1.62. The van der Waals surface area contributed by atoms with E-state index in [4.69, 9.17) is 5.73 Å². The first-order chi connectivity index (χ1) is 8.29. The molecule has 1 rings (SSSR count). The molecular formula is C13H21N3O2. The first-order valence-corrected chi connectivity index (χ1v) is 5.96. The van der Waals surface area contributed by atoms with Crippen LogP contribution in [0.25, 0.3) is 0 Å². The zero-order valence-corrected chi connectivity index (χ0v) is 11.1. The lowest BCUT2D eigenvalue weighted by atomic mass is 9.88. The van der Waals surface area contributed by atoms with Gasteiger partial charge in [-0.25, -0.2) is 0 Å². The number of aromatic hydroxyl groups is 1. The van der Waals surface area contributed by atoms with E-state index in [1.54, 1.807) is 0 Å². The van der Waals surface area contributed by atoms with E-state index in [0.29, 0.717) is 6.54 Å². The molecule has 1 heterocycles. The molecule has 1 aromatic heterocycles. The zero-order chi connectivity index (χ0) is 13.8. The number of amides is 1. The van der Waals surface area contributed by atoms with E-state index in [1.165, 1.54) is 18.5 Å². The van der Waals surface area contributed by atoms with Crippen LogP contribution in [0.2, 0.25) is 0 Å². The summed E-state index contributed by atoms with van der Waals surface area (Å²) in [5.74, 6) is -0.460. The number of nitrogens with one attached hydrogen (secondary N) is 1. The number of carbonyl (C=O) groups excluding carboxylic acids is 1. The highest BCUT2D eigenvalue weighted by molar-refractivity contribution is 5.96. The maximum Gasteiger partial charge on any atom is 0.255 e. The van der Waals surface area contributed by atoms with Crippen LogP contribution in [0.4, 0.5) is 0 Å². The van der Waals surface area contributed by atoms with Crippen LogP contribution in [-0.4, -0.2) is 28.6 Å². The number of hydrogen-bond donors (Lipinski definition) is 3. The lowest BCUT2D eigenvalue weighted by Crippen LogP contribution is -2.39. The molecule has 0 saturated heterocycles. The fourth-order valence-electron chi connectivity index (χ4n) is 1.76. The Bertz CT molecular complexity index is 413. The predicted octanol–water partition coefficient (Wildman–Crippen LogP) is 1.28. The first kappa shape index (κ1) is 14.4. The predicted molar refractivity (Wildman–Crippen MR) is 70.3 cm³/mol. The molecular weight excluding hydrogens is 230 g/mol. The number of nitrogens with two attached hydrogens (primary N) is 1. The van der Waals surface area contributed by atoms with E-state index in [1.807, 2.05) is 0 Å². The molecule has 0 bridgehead atoms. The lowest BCUT2D eigenvalue weighted by Gasteiger charge is -2.23. The van der Waals surface area contributed by atoms with E-state index in [2.05, 4.69) is 31.1 Å². The van der Waals surface area contributed by atoms with Crippen molar-refractivity contribution in [3.63, 3.8) is 0 Å². The third kappa shape index (κ3) is 4.71. The van der Waals surface area contributed by atoms with E-state index in [-0.39, 0.29) is 28.7 Å². The molecule has 0 saturated carbocycles. The summed E-state index contributed by atoms with van der Waals surface area (Å²) in [6, 6.07) is 1.37. The van der Waals surface area contributed by atoms with Gasteiger partial charge in [0.1, 0.15) is 5.75 Å². The van der Waals surface area contributed by atoms with Gasteiger partial charge in [-0.1, -0.05) is 20.8 Å². The van der Waals surface area contributed by atoms with Crippen LogP contribution in [0.3, 0.4) is 0 Å². The molecule has 0 aliphatic heterocycles. The van der Waals surface area contributed by atoms with Gasteiger partial charge in [-0.2, -0.15) is 0 Å². The van der Waals surface area contributed by atoms with Crippen molar-refractivity contribution in [1.29, 1.82) is 0 Å². The highest BCUT2D eigenvalue weighted by Gasteiger charge is 2.17. The Balaban J connectivity index is 2.50. The average Bonchev–Trinajstić information content (AvgIpc) is 2.24. The zero-order valence-electron chi connectivity index (χ0n) is 11.1. The fourth-order valence-corrected chi connectivity index (χ4v) is 1.76. The van der Waals surface area contributed by atoms with E-state index in [0.717, 1.165) is 6.42 Å². The standard InChI is InChI=1S/C13H21N3O2/c1-13(2,3)6-9(14)7-16-12(18)10-4-5-15-8-11(10)17/h4-5,8-9,17H,6-7,14H2,1-3H3,(H,16,18). The molecule has 1 unspecified atom stereocenters. The summed E-state index contributed by atoms with van der Waals surface area (Å²) in [5.41, 5.74) is 6.28. The summed E-state index contributed by atoms with van der Waals surface area (Å²) in [6.45, 7) is 6.69. The first-order valence-electron chi connectivity index (χ1n) is 5.96. The number of carbonyl (C=O) groups is 1. The van der Waals surface area contributed by atoms with Crippen molar-refractivity contribution in [2.75, 3.05) is 6.54 Å². The van der Waals surface area contributed by atoms with Crippen molar-refractivity contribution >= 4 is 5.91 Å². The van der Waals surface area contributed by atoms with Gasteiger partial charge in [-0.05, 0) is 17.9 Å². The number of rotatable bonds is 4. The minimum absolute atomic E-state index is 0.0991. The van der Waals surface area contributed by atoms with Crippen molar-refractivity contribution in [2.24, 2.45) is 11.1 Å². The Morgan fingerprint density at radius 1 is 1.56 bits per heavy atom. The highest BCUT2D eigenvalue weighted by atomic mass is 16.3. The topological polar surface area (TPSA) is 88.2 Å². The SMILES string of the molecule is CC(C)(C)CC(N)CNC(=O)c1ccncc1O. The van der Waals surface area contributed by atoms with Gasteiger partial charge in [-0.3, -0.25) is 9.78 Å². The maximum absolute atomic E-state index is 11.8. The maximum atomic E-state index is 11.8. The summed E-state index contributed by atoms with van der Waals surface area (Å²) in [5, 5.41) is 12.2. The Morgan fingerprint density at radius 3 is 2.78 bits per heavy atom. The highest BCUT2D eigenvalue weighted by Crippen LogP contribution is 2.19. The molecule has 0 spiro atoms. The van der Waals surface area contributed by atoms with Crippen molar-refractivity contribution < 1.29 is 9.90 Å². The third-order valence-electron chi connectivity index (χ3n) is 2.44. The van der Waals surface area contributed by atoms with E-state index < -0.39 is 0 Å². The van der Waals surface area contributed by atoms with Crippen LogP contribution in [0.5, 0.6) is 5.75 Å². The Kier molecular flexibility index (Phi) is 4.67. The molecule has 0 aromatic carbocycles. The largest absolute Gasteiger partial charge is 0.505 e. The Labute approximate surface area is 107 Å². The van der Waals surface area contributed by atoms with Gasteiger partial charge in [0.25, 0.3) is 5.91 Å². The van der Waals surface area contributed by atoms with Crippen LogP contribution < -0.4 is 11.1 Å². The summed E-state index contributed by atoms with van der Waals surface area (Å²) in [7, 11) is 0. The molecule has 100 valence electrons. The van der Waals surface area contributed by atoms with Gasteiger partial charge in [0.2, 0.25) is 0 Å². The molecule has 0 radical (unpaired) electrons. The second-order valence-electron chi connectivity index (χ2n) is 5.63. The monoisotopic (exact) mass is 251 g/mol. The van der Waals surface area contributed by atoms with Gasteiger partial charge in [-0.15, -0.1) is 0 Å². The molecule has 5 nitrogen and oxygen atoms in total. The average molecular weight is 251 g/mol. The Morgan fingerprint density at radius 2 is 2.22 bits per heavy atom. The minimum atomic E-state index is -0.334. The van der Waals surface area contributed by atoms with Crippen LogP contribution in [0, 0.1) is 5.41 Å². The van der Waals surface area contributed by atoms with Gasteiger partial charge in [0.05, 0.1) is 11.8 Å². The van der Waals surface area contributed by atoms with Gasteiger partial charge < -0.3 is 16.2 Å². The van der Waals surface area contributed by atoms with E-state index >= 15 is 0 Å². The molecule has 4 N–H and O–H groups in total. The van der Waals surface area contributed by atoms with Crippen LogP contribution in [-0.2, 0) is 0 Å². The van der Waals surface area contributed by atoms with Gasteiger partial charge >= 0.3 is 0 Å². The van der Waals surface area contributed by atoms with E-state index in [9.17, 15) is 9.90 Å². The summed E-state index contributed by atoms with van der Waals surface area (Å²) in [6.07, 6.45) is 3.52. The summed E-state index contributed by atoms with van der Waals surface area (Å²) < 4.78 is 0. The lowest BCUT2D eigenvalue weighted by molar-refractivity contribution is 0.0946. The second kappa shape index (κ2) is 5.82. The molecule has 18 heavy (non-hydrogen) atoms. The summed E-state index contributed by atoms with van der Waals surface area (Å²) in [4.78, 5) is 15.5. The van der Waals surface area contributed by atoms with Crippen LogP contribution in [0.15, 0.2) is 18.5 Å². The van der Waals surface area contributed by atoms with Crippen molar-refractivity contribution in [1.82, 2.24) is 10.3 Å². The molecule has 1 amide bonds. The molecule has 1 aromatic rings. The summed E-state index contributed by atoms with van der Waals surface area (Å²) >= 11 is 0. The molecule has 1 atom stereocenters. The molecule has 0 aliphatic rings. The minimum Gasteiger partial charge on any atom is -0.505 e. The number of pyridine rings is 1. The van der Waals surface area contributed by atoms with Gasteiger partial charge in [0.15, 0.2) is 0 Å². The normalized spacial score (nSPS) is 13.1. The smallest absolute Gasteiger partial charge is 0.255 e. The number of aromatic nitrogens is 1. The third-order valence-corrected chi connectivity index (χ3v) is 2.44. The molecule has 0 aliphatic carbocycles. The number of hydrogen-bond acceptors (Lipinski definition) is 4. The van der Waals surface area contributed by atoms with Crippen molar-refractivity contribution in [3.8, 4) is 5.75 Å². The quantitative estimate of drug-likeness (QED) is 0.752. The van der Waals surface area contributed by atoms with Crippen molar-refractivity contribution in [3.05, 3.63) is 24.0 Å². The number of nitrogens with zero attached hydrogens (tertiary/aromatic N) is 1. The van der Waals surface area contributed by atoms with Crippen molar-refractivity contribution in [2.45, 2.75) is 33.2 Å². The molecule has 0 fully saturated rings. The second-order valence-corrected chi connectivity index (χ2v) is 5.63. The molecule has 5 heteroatoms. The van der Waals surface area contributed by atoms with Crippen LogP contribution >= 0.6 is 0 Å². The fraction of sp³-hybridized carbons (Fsp3) is 0.538. The van der Waals surface area contributed by atoms with Gasteiger partial charge in [0, 0.05) is 18.8 Å².